The third-order valence-corrected chi connectivity index (χ3v) is 8.68. The lowest BCUT2D eigenvalue weighted by molar-refractivity contribution is -0.121. The molecule has 4 aromatic rings. The van der Waals surface area contributed by atoms with Crippen molar-refractivity contribution in [1.82, 2.24) is 20.2 Å². The molecule has 10 nitrogen and oxygen atoms in total. The number of aromatic nitrogens is 2. The van der Waals surface area contributed by atoms with Crippen LogP contribution in [-0.2, 0) is 4.79 Å². The van der Waals surface area contributed by atoms with Crippen molar-refractivity contribution in [3.8, 4) is 29.0 Å². The molecule has 2 aliphatic heterocycles. The SMILES string of the molecule is CN(C)C[C@H]1CCNC(=O)CCN2CCOc3c(Cl)c(-c4ccc(F)c5sc(N)c(C#N)c45)c(F)c4nc(nc2c34)O1. The van der Waals surface area contributed by atoms with Crippen LogP contribution < -0.4 is 25.4 Å². The minimum absolute atomic E-state index is 0.0321. The van der Waals surface area contributed by atoms with Crippen LogP contribution in [0.5, 0.6) is 11.8 Å². The lowest BCUT2D eigenvalue weighted by Gasteiger charge is -2.26. The first-order valence-electron chi connectivity index (χ1n) is 13.3. The van der Waals surface area contributed by atoms with Gasteiger partial charge in [0.25, 0.3) is 0 Å². The van der Waals surface area contributed by atoms with E-state index in [-0.39, 0.29) is 78.4 Å². The number of amides is 1. The van der Waals surface area contributed by atoms with Gasteiger partial charge in [-0.2, -0.15) is 15.2 Å². The van der Waals surface area contributed by atoms with Gasteiger partial charge in [0, 0.05) is 43.4 Å². The molecule has 0 saturated heterocycles. The number of nitrogens with one attached hydrogen (secondary N) is 1. The molecule has 6 rings (SSSR count). The summed E-state index contributed by atoms with van der Waals surface area (Å²) in [5, 5.41) is 13.2. The minimum Gasteiger partial charge on any atom is -0.489 e. The summed E-state index contributed by atoms with van der Waals surface area (Å²) >= 11 is 7.80. The fourth-order valence-corrected chi connectivity index (χ4v) is 6.70. The lowest BCUT2D eigenvalue weighted by Crippen LogP contribution is -2.38. The number of nitriles is 1. The van der Waals surface area contributed by atoms with Crippen LogP contribution in [0.1, 0.15) is 18.4 Å². The third-order valence-electron chi connectivity index (χ3n) is 7.29. The average Bonchev–Trinajstić information content (AvgIpc) is 3.17. The Morgan fingerprint density at radius 1 is 1.29 bits per heavy atom. The monoisotopic (exact) mass is 613 g/mol. The fraction of sp³-hybridized carbons (Fsp3) is 0.357. The van der Waals surface area contributed by atoms with E-state index in [1.807, 2.05) is 30.0 Å². The molecule has 2 aliphatic rings. The van der Waals surface area contributed by atoms with E-state index in [0.717, 1.165) is 11.3 Å². The Morgan fingerprint density at radius 2 is 2.10 bits per heavy atom. The number of ether oxygens (including phenoxy) is 2. The third kappa shape index (κ3) is 4.79. The number of hydrogen-bond donors (Lipinski definition) is 2. The summed E-state index contributed by atoms with van der Waals surface area (Å²) in [7, 11) is 3.78. The Kier molecular flexibility index (Phi) is 7.38. The molecule has 1 atom stereocenters. The first kappa shape index (κ1) is 28.1. The molecule has 2 aromatic heterocycles. The zero-order valence-electron chi connectivity index (χ0n) is 22.8. The number of halogens is 3. The molecule has 42 heavy (non-hydrogen) atoms. The van der Waals surface area contributed by atoms with Crippen LogP contribution in [0.15, 0.2) is 12.1 Å². The fourth-order valence-electron chi connectivity index (χ4n) is 5.42. The molecular formula is C28H26ClF2N7O3S. The Morgan fingerprint density at radius 3 is 2.86 bits per heavy atom. The Hall–Kier alpha value is -3.99. The number of nitrogen functional groups attached to an aromatic ring is 1. The maximum atomic E-state index is 16.8. The molecule has 0 unspecified atom stereocenters. The number of carbonyl (C=O) groups is 1. The second-order valence-corrected chi connectivity index (χ2v) is 11.8. The first-order chi connectivity index (χ1) is 20.2. The van der Waals surface area contributed by atoms with Crippen molar-refractivity contribution in [2.24, 2.45) is 0 Å². The first-order valence-corrected chi connectivity index (χ1v) is 14.5. The van der Waals surface area contributed by atoms with Crippen LogP contribution in [0.25, 0.3) is 32.1 Å². The normalized spacial score (nSPS) is 17.3. The van der Waals surface area contributed by atoms with Crippen LogP contribution >= 0.6 is 22.9 Å². The van der Waals surface area contributed by atoms with Crippen LogP contribution in [0.3, 0.4) is 0 Å². The molecule has 0 fully saturated rings. The van der Waals surface area contributed by atoms with E-state index in [1.54, 1.807) is 0 Å². The van der Waals surface area contributed by atoms with Gasteiger partial charge in [0.15, 0.2) is 11.6 Å². The smallest absolute Gasteiger partial charge is 0.319 e. The Labute approximate surface area is 248 Å². The topological polar surface area (TPSA) is 130 Å². The lowest BCUT2D eigenvalue weighted by atomic mass is 9.96. The van der Waals surface area contributed by atoms with Gasteiger partial charge < -0.3 is 30.3 Å². The zero-order chi connectivity index (χ0) is 29.7. The number of anilines is 2. The van der Waals surface area contributed by atoms with Gasteiger partial charge in [-0.1, -0.05) is 17.7 Å². The van der Waals surface area contributed by atoms with E-state index in [2.05, 4.69) is 15.3 Å². The van der Waals surface area contributed by atoms with E-state index < -0.39 is 17.7 Å². The number of likely N-dealkylation sites (N-methyl/N-ethyl adjacent to an activating group) is 1. The molecule has 2 aromatic carbocycles. The van der Waals surface area contributed by atoms with Crippen molar-refractivity contribution >= 4 is 60.7 Å². The summed E-state index contributed by atoms with van der Waals surface area (Å²) in [5.41, 5.74) is 6.04. The van der Waals surface area contributed by atoms with E-state index in [9.17, 15) is 14.4 Å². The molecule has 14 heteroatoms. The van der Waals surface area contributed by atoms with Crippen LogP contribution in [0.2, 0.25) is 5.02 Å². The molecule has 2 bridgehead atoms. The number of hydrogen-bond acceptors (Lipinski definition) is 10. The average molecular weight is 614 g/mol. The highest BCUT2D eigenvalue weighted by atomic mass is 35.5. The summed E-state index contributed by atoms with van der Waals surface area (Å²) in [5.74, 6) is -1.06. The van der Waals surface area contributed by atoms with Crippen molar-refractivity contribution < 1.29 is 23.0 Å². The highest BCUT2D eigenvalue weighted by molar-refractivity contribution is 7.23. The van der Waals surface area contributed by atoms with Gasteiger partial charge in [-0.15, -0.1) is 11.3 Å². The van der Waals surface area contributed by atoms with Gasteiger partial charge in [0.05, 0.1) is 27.2 Å². The number of nitrogens with two attached hydrogens (primary N) is 1. The van der Waals surface area contributed by atoms with E-state index >= 15 is 4.39 Å². The molecule has 0 aliphatic carbocycles. The predicted octanol–water partition coefficient (Wildman–Crippen LogP) is 4.31. The number of fused-ring (bicyclic) bond motifs is 2. The summed E-state index contributed by atoms with van der Waals surface area (Å²) < 4.78 is 44.0. The molecule has 1 amide bonds. The van der Waals surface area contributed by atoms with E-state index in [0.29, 0.717) is 38.4 Å². The van der Waals surface area contributed by atoms with E-state index in [4.69, 9.17) is 26.8 Å². The quantitative estimate of drug-likeness (QED) is 0.347. The number of nitrogens with zero attached hydrogens (tertiary/aromatic N) is 5. The summed E-state index contributed by atoms with van der Waals surface area (Å²) in [6.07, 6.45) is 0.267. The molecule has 0 saturated carbocycles. The largest absolute Gasteiger partial charge is 0.489 e. The summed E-state index contributed by atoms with van der Waals surface area (Å²) in [4.78, 5) is 25.5. The van der Waals surface area contributed by atoms with Gasteiger partial charge in [0.2, 0.25) is 5.91 Å². The minimum atomic E-state index is -0.812. The zero-order valence-corrected chi connectivity index (χ0v) is 24.3. The predicted molar refractivity (Wildman–Crippen MR) is 157 cm³/mol. The molecule has 218 valence electrons. The van der Waals surface area contributed by atoms with Crippen molar-refractivity contribution in [3.63, 3.8) is 0 Å². The maximum Gasteiger partial charge on any atom is 0.319 e. The molecule has 3 N–H and O–H groups in total. The van der Waals surface area contributed by atoms with Crippen molar-refractivity contribution in [3.05, 3.63) is 34.4 Å². The summed E-state index contributed by atoms with van der Waals surface area (Å²) in [6.45, 7) is 1.68. The number of thiophene rings is 1. The number of benzene rings is 2. The second-order valence-electron chi connectivity index (χ2n) is 10.4. The Balaban J connectivity index is 1.65. The van der Waals surface area contributed by atoms with Crippen molar-refractivity contribution in [2.45, 2.75) is 18.9 Å². The van der Waals surface area contributed by atoms with Gasteiger partial charge >= 0.3 is 6.01 Å². The van der Waals surface area contributed by atoms with Crippen LogP contribution in [-0.4, -0.2) is 73.8 Å². The molecule has 0 radical (unpaired) electrons. The van der Waals surface area contributed by atoms with Gasteiger partial charge in [-0.3, -0.25) is 4.79 Å². The van der Waals surface area contributed by atoms with Crippen molar-refractivity contribution in [2.75, 3.05) is 57.5 Å². The Bertz CT molecular complexity index is 1790. The summed E-state index contributed by atoms with van der Waals surface area (Å²) in [6, 6.07) is 4.53. The van der Waals surface area contributed by atoms with Crippen molar-refractivity contribution in [1.29, 1.82) is 5.26 Å². The molecule has 0 spiro atoms. The van der Waals surface area contributed by atoms with Gasteiger partial charge in [-0.25, -0.2) is 8.78 Å². The van der Waals surface area contributed by atoms with E-state index in [1.165, 1.54) is 12.1 Å². The number of carbonyl (C=O) groups excluding carboxylic acids is 1. The van der Waals surface area contributed by atoms with Gasteiger partial charge in [-0.05, 0) is 25.7 Å². The second kappa shape index (κ2) is 11.0. The number of rotatable bonds is 3. The van der Waals surface area contributed by atoms with Crippen LogP contribution in [0, 0.1) is 23.0 Å². The van der Waals surface area contributed by atoms with Crippen LogP contribution in [0.4, 0.5) is 19.6 Å². The van der Waals surface area contributed by atoms with Gasteiger partial charge in [0.1, 0.15) is 40.9 Å². The standard InChI is InChI=1S/C28H26ClF2N7O3S/c1-37(2)12-13-5-7-34-17(39)6-8-38-9-10-40-24-20-23(35-28(41-13)36-27(20)38)22(31)19(21(24)29)14-3-4-16(30)25-18(14)15(11-32)26(33)42-25/h3-4,13H,5-10,12,33H2,1-2H3,(H,34,39)/t13-/m1/s1. The maximum absolute atomic E-state index is 16.8. The molecular weight excluding hydrogens is 588 g/mol. The molecule has 4 heterocycles. The highest BCUT2D eigenvalue weighted by Crippen LogP contribution is 2.50. The highest BCUT2D eigenvalue weighted by Gasteiger charge is 2.32.